The SMILES string of the molecule is Cc1noc([C@H]2CCCN(CCCc3nc4ccccc4o3)C2)n1. The maximum atomic E-state index is 5.79. The Kier molecular flexibility index (Phi) is 4.30. The molecule has 0 aliphatic carbocycles. The first-order valence-corrected chi connectivity index (χ1v) is 8.65. The zero-order chi connectivity index (χ0) is 16.4. The summed E-state index contributed by atoms with van der Waals surface area (Å²) in [4.78, 5) is 11.4. The summed E-state index contributed by atoms with van der Waals surface area (Å²) in [5, 5.41) is 3.91. The van der Waals surface area contributed by atoms with E-state index in [4.69, 9.17) is 8.94 Å². The van der Waals surface area contributed by atoms with Gasteiger partial charge in [-0.1, -0.05) is 17.3 Å². The standard InChI is InChI=1S/C18H22N4O2/c1-13-19-18(24-21-13)14-6-4-10-22(12-14)11-5-9-17-20-15-7-2-3-8-16(15)23-17/h2-3,7-8,14H,4-6,9-12H2,1H3/t14-/m0/s1. The molecule has 1 aromatic carbocycles. The van der Waals surface area contributed by atoms with Gasteiger partial charge in [0.15, 0.2) is 17.3 Å². The van der Waals surface area contributed by atoms with Gasteiger partial charge in [-0.3, -0.25) is 0 Å². The summed E-state index contributed by atoms with van der Waals surface area (Å²) in [7, 11) is 0. The highest BCUT2D eigenvalue weighted by Crippen LogP contribution is 2.26. The summed E-state index contributed by atoms with van der Waals surface area (Å²) in [6.45, 7) is 5.04. The minimum absolute atomic E-state index is 0.365. The number of oxazole rings is 1. The number of nitrogens with zero attached hydrogens (tertiary/aromatic N) is 4. The Bertz CT molecular complexity index is 777. The lowest BCUT2D eigenvalue weighted by molar-refractivity contribution is 0.184. The van der Waals surface area contributed by atoms with Crippen molar-refractivity contribution in [2.75, 3.05) is 19.6 Å². The molecule has 0 N–H and O–H groups in total. The van der Waals surface area contributed by atoms with Gasteiger partial charge in [0.05, 0.1) is 5.92 Å². The Morgan fingerprint density at radius 3 is 3.00 bits per heavy atom. The van der Waals surface area contributed by atoms with Crippen LogP contribution < -0.4 is 0 Å². The summed E-state index contributed by atoms with van der Waals surface area (Å²) < 4.78 is 11.1. The fourth-order valence-electron chi connectivity index (χ4n) is 3.42. The number of para-hydroxylation sites is 2. The van der Waals surface area contributed by atoms with Gasteiger partial charge in [-0.15, -0.1) is 0 Å². The van der Waals surface area contributed by atoms with Gasteiger partial charge in [-0.05, 0) is 51.4 Å². The molecule has 1 atom stereocenters. The number of fused-ring (bicyclic) bond motifs is 1. The van der Waals surface area contributed by atoms with E-state index < -0.39 is 0 Å². The molecule has 0 amide bonds. The molecule has 1 saturated heterocycles. The van der Waals surface area contributed by atoms with E-state index in [0.717, 1.165) is 67.6 Å². The highest BCUT2D eigenvalue weighted by molar-refractivity contribution is 5.72. The predicted molar refractivity (Wildman–Crippen MR) is 89.8 cm³/mol. The van der Waals surface area contributed by atoms with E-state index in [1.165, 1.54) is 6.42 Å². The van der Waals surface area contributed by atoms with Crippen LogP contribution in [-0.4, -0.2) is 39.7 Å². The molecular weight excluding hydrogens is 304 g/mol. The molecule has 3 heterocycles. The Labute approximate surface area is 140 Å². The van der Waals surface area contributed by atoms with Gasteiger partial charge in [0.1, 0.15) is 5.52 Å². The normalized spacial score (nSPS) is 19.1. The van der Waals surface area contributed by atoms with Crippen molar-refractivity contribution in [3.63, 3.8) is 0 Å². The molecule has 0 unspecified atom stereocenters. The Morgan fingerprint density at radius 2 is 2.17 bits per heavy atom. The third-order valence-electron chi connectivity index (χ3n) is 4.60. The molecular formula is C18H22N4O2. The van der Waals surface area contributed by atoms with Crippen molar-refractivity contribution in [1.82, 2.24) is 20.0 Å². The first-order chi connectivity index (χ1) is 11.8. The number of hydrogen-bond donors (Lipinski definition) is 0. The maximum Gasteiger partial charge on any atom is 0.231 e. The van der Waals surface area contributed by atoms with Crippen LogP contribution in [-0.2, 0) is 6.42 Å². The molecule has 0 spiro atoms. The van der Waals surface area contributed by atoms with Crippen LogP contribution in [0.3, 0.4) is 0 Å². The smallest absolute Gasteiger partial charge is 0.231 e. The average molecular weight is 326 g/mol. The molecule has 0 bridgehead atoms. The van der Waals surface area contributed by atoms with E-state index >= 15 is 0 Å². The van der Waals surface area contributed by atoms with Gasteiger partial charge in [0.2, 0.25) is 5.89 Å². The van der Waals surface area contributed by atoms with Crippen molar-refractivity contribution in [2.45, 2.75) is 38.5 Å². The van der Waals surface area contributed by atoms with Gasteiger partial charge in [-0.2, -0.15) is 4.98 Å². The zero-order valence-corrected chi connectivity index (χ0v) is 13.9. The second-order valence-electron chi connectivity index (χ2n) is 6.50. The van der Waals surface area contributed by atoms with Crippen LogP contribution in [0.5, 0.6) is 0 Å². The van der Waals surface area contributed by atoms with E-state index in [-0.39, 0.29) is 0 Å². The fourth-order valence-corrected chi connectivity index (χ4v) is 3.42. The number of benzene rings is 1. The summed E-state index contributed by atoms with van der Waals surface area (Å²) in [5.74, 6) is 2.70. The number of hydrogen-bond acceptors (Lipinski definition) is 6. The van der Waals surface area contributed by atoms with Gasteiger partial charge in [0.25, 0.3) is 0 Å². The lowest BCUT2D eigenvalue weighted by atomic mass is 9.98. The minimum atomic E-state index is 0.365. The second-order valence-corrected chi connectivity index (χ2v) is 6.50. The van der Waals surface area contributed by atoms with Gasteiger partial charge in [-0.25, -0.2) is 4.98 Å². The Morgan fingerprint density at radius 1 is 1.25 bits per heavy atom. The van der Waals surface area contributed by atoms with Crippen molar-refractivity contribution in [2.24, 2.45) is 0 Å². The molecule has 1 fully saturated rings. The number of aryl methyl sites for hydroxylation is 2. The first-order valence-electron chi connectivity index (χ1n) is 8.65. The van der Waals surface area contributed by atoms with Crippen molar-refractivity contribution < 1.29 is 8.94 Å². The fraction of sp³-hybridized carbons (Fsp3) is 0.500. The largest absolute Gasteiger partial charge is 0.441 e. The zero-order valence-electron chi connectivity index (χ0n) is 13.9. The highest BCUT2D eigenvalue weighted by atomic mass is 16.5. The van der Waals surface area contributed by atoms with Crippen LogP contribution in [0.4, 0.5) is 0 Å². The van der Waals surface area contributed by atoms with Crippen LogP contribution in [0.15, 0.2) is 33.2 Å². The molecule has 1 aliphatic heterocycles. The monoisotopic (exact) mass is 326 g/mol. The van der Waals surface area contributed by atoms with Gasteiger partial charge >= 0.3 is 0 Å². The topological polar surface area (TPSA) is 68.2 Å². The van der Waals surface area contributed by atoms with E-state index in [0.29, 0.717) is 5.92 Å². The van der Waals surface area contributed by atoms with Crippen molar-refractivity contribution in [3.8, 4) is 0 Å². The Hall–Kier alpha value is -2.21. The van der Waals surface area contributed by atoms with Gasteiger partial charge < -0.3 is 13.8 Å². The van der Waals surface area contributed by atoms with Crippen LogP contribution in [0.2, 0.25) is 0 Å². The molecule has 0 radical (unpaired) electrons. The van der Waals surface area contributed by atoms with Gasteiger partial charge in [0, 0.05) is 13.0 Å². The second kappa shape index (κ2) is 6.73. The van der Waals surface area contributed by atoms with Crippen molar-refractivity contribution in [1.29, 1.82) is 0 Å². The van der Waals surface area contributed by atoms with Crippen LogP contribution in [0.25, 0.3) is 11.1 Å². The average Bonchev–Trinajstić information content (AvgIpc) is 3.21. The third kappa shape index (κ3) is 3.33. The van der Waals surface area contributed by atoms with E-state index in [1.807, 2.05) is 31.2 Å². The quantitative estimate of drug-likeness (QED) is 0.716. The number of piperidine rings is 1. The molecule has 0 saturated carbocycles. The molecule has 24 heavy (non-hydrogen) atoms. The van der Waals surface area contributed by atoms with Crippen molar-refractivity contribution in [3.05, 3.63) is 41.9 Å². The predicted octanol–water partition coefficient (Wildman–Crippen LogP) is 3.33. The minimum Gasteiger partial charge on any atom is -0.441 e. The lowest BCUT2D eigenvalue weighted by Gasteiger charge is -2.30. The molecule has 6 nitrogen and oxygen atoms in total. The first kappa shape index (κ1) is 15.3. The summed E-state index contributed by atoms with van der Waals surface area (Å²) in [6.07, 6.45) is 4.22. The number of rotatable bonds is 5. The number of aromatic nitrogens is 3. The molecule has 1 aliphatic rings. The van der Waals surface area contributed by atoms with Crippen LogP contribution in [0.1, 0.15) is 42.8 Å². The van der Waals surface area contributed by atoms with Crippen LogP contribution >= 0.6 is 0 Å². The number of likely N-dealkylation sites (tertiary alicyclic amines) is 1. The molecule has 3 aromatic rings. The Balaban J connectivity index is 1.30. The molecule has 6 heteroatoms. The van der Waals surface area contributed by atoms with Crippen LogP contribution in [0, 0.1) is 6.92 Å². The molecule has 4 rings (SSSR count). The molecule has 2 aromatic heterocycles. The van der Waals surface area contributed by atoms with E-state index in [2.05, 4.69) is 20.0 Å². The highest BCUT2D eigenvalue weighted by Gasteiger charge is 2.25. The van der Waals surface area contributed by atoms with E-state index in [1.54, 1.807) is 0 Å². The lowest BCUT2D eigenvalue weighted by Crippen LogP contribution is -2.35. The summed E-state index contributed by atoms with van der Waals surface area (Å²) in [6, 6.07) is 7.92. The maximum absolute atomic E-state index is 5.79. The summed E-state index contributed by atoms with van der Waals surface area (Å²) in [5.41, 5.74) is 1.81. The van der Waals surface area contributed by atoms with E-state index in [9.17, 15) is 0 Å². The third-order valence-corrected chi connectivity index (χ3v) is 4.60. The van der Waals surface area contributed by atoms with Crippen molar-refractivity contribution >= 4 is 11.1 Å². The molecule has 126 valence electrons. The summed E-state index contributed by atoms with van der Waals surface area (Å²) >= 11 is 0.